The Morgan fingerprint density at radius 1 is 1.40 bits per heavy atom. The summed E-state index contributed by atoms with van der Waals surface area (Å²) in [6.45, 7) is 4.17. The van der Waals surface area contributed by atoms with Crippen LogP contribution in [0.2, 0.25) is 0 Å². The number of benzene rings is 1. The smallest absolute Gasteiger partial charge is 0.311 e. The average Bonchev–Trinajstić information content (AvgIpc) is 3.18. The van der Waals surface area contributed by atoms with Crippen molar-refractivity contribution in [1.29, 1.82) is 0 Å². The first kappa shape index (κ1) is 16.9. The number of aliphatic carboxylic acids is 1. The number of fused-ring (bicyclic) bond motifs is 1. The van der Waals surface area contributed by atoms with Gasteiger partial charge in [0, 0.05) is 24.5 Å². The number of rotatable bonds is 4. The molecule has 8 heteroatoms. The zero-order chi connectivity index (χ0) is 18.4. The monoisotopic (exact) mass is 345 g/mol. The molecule has 1 saturated heterocycles. The summed E-state index contributed by atoms with van der Waals surface area (Å²) in [6, 6.07) is 6.19. The van der Waals surface area contributed by atoms with E-state index in [-0.39, 0.29) is 29.8 Å². The molecule has 2 aromatic rings. The van der Waals surface area contributed by atoms with Crippen molar-refractivity contribution in [3.8, 4) is 0 Å². The molecule has 0 aliphatic carbocycles. The SMILES string of the molecule is CC(C)C1(C(=O)O)CCN(C(=O)c2cc3cccc([N+](=O)[O-])c3[nH]2)C1. The second-order valence-electron chi connectivity index (χ2n) is 6.77. The molecule has 0 bridgehead atoms. The lowest BCUT2D eigenvalue weighted by atomic mass is 9.76. The van der Waals surface area contributed by atoms with Crippen LogP contribution in [0.1, 0.15) is 30.8 Å². The molecule has 1 aliphatic rings. The van der Waals surface area contributed by atoms with Gasteiger partial charge in [-0.3, -0.25) is 19.7 Å². The zero-order valence-corrected chi connectivity index (χ0v) is 14.0. The number of hydrogen-bond acceptors (Lipinski definition) is 4. The fourth-order valence-electron chi connectivity index (χ4n) is 3.48. The van der Waals surface area contributed by atoms with E-state index in [1.165, 1.54) is 11.0 Å². The number of carbonyl (C=O) groups is 2. The van der Waals surface area contributed by atoms with E-state index >= 15 is 0 Å². The maximum absolute atomic E-state index is 12.8. The normalized spacial score (nSPS) is 20.4. The van der Waals surface area contributed by atoms with Crippen LogP contribution in [0.15, 0.2) is 24.3 Å². The molecule has 8 nitrogen and oxygen atoms in total. The van der Waals surface area contributed by atoms with Gasteiger partial charge < -0.3 is 15.0 Å². The number of para-hydroxylation sites is 1. The van der Waals surface area contributed by atoms with E-state index in [0.717, 1.165) is 0 Å². The minimum absolute atomic E-state index is 0.0972. The van der Waals surface area contributed by atoms with Gasteiger partial charge in [0.25, 0.3) is 11.6 Å². The highest BCUT2D eigenvalue weighted by Gasteiger charge is 2.48. The molecular formula is C17H19N3O5. The van der Waals surface area contributed by atoms with Crippen LogP contribution in [-0.4, -0.2) is 44.9 Å². The van der Waals surface area contributed by atoms with Crippen molar-refractivity contribution in [3.05, 3.63) is 40.1 Å². The van der Waals surface area contributed by atoms with Crippen LogP contribution < -0.4 is 0 Å². The van der Waals surface area contributed by atoms with Gasteiger partial charge in [0.05, 0.1) is 10.3 Å². The summed E-state index contributed by atoms with van der Waals surface area (Å²) >= 11 is 0. The van der Waals surface area contributed by atoms with Crippen molar-refractivity contribution in [1.82, 2.24) is 9.88 Å². The molecule has 2 N–H and O–H groups in total. The Morgan fingerprint density at radius 2 is 2.12 bits per heavy atom. The highest BCUT2D eigenvalue weighted by Crippen LogP contribution is 2.39. The Bertz CT molecular complexity index is 872. The number of nitro benzene ring substituents is 1. The highest BCUT2D eigenvalue weighted by molar-refractivity contribution is 6.00. The summed E-state index contributed by atoms with van der Waals surface area (Å²) in [5, 5.41) is 21.3. The summed E-state index contributed by atoms with van der Waals surface area (Å²) in [5.41, 5.74) is -0.522. The first-order valence-corrected chi connectivity index (χ1v) is 8.05. The number of H-pyrrole nitrogens is 1. The van der Waals surface area contributed by atoms with Crippen LogP contribution in [0.25, 0.3) is 10.9 Å². The van der Waals surface area contributed by atoms with Crippen molar-refractivity contribution in [3.63, 3.8) is 0 Å². The van der Waals surface area contributed by atoms with Crippen molar-refractivity contribution < 1.29 is 19.6 Å². The fourth-order valence-corrected chi connectivity index (χ4v) is 3.48. The second-order valence-corrected chi connectivity index (χ2v) is 6.77. The molecular weight excluding hydrogens is 326 g/mol. The Morgan fingerprint density at radius 3 is 2.68 bits per heavy atom. The lowest BCUT2D eigenvalue weighted by Crippen LogP contribution is -2.40. The van der Waals surface area contributed by atoms with Crippen LogP contribution in [0, 0.1) is 21.4 Å². The molecule has 0 radical (unpaired) electrons. The standard InChI is InChI=1S/C17H19N3O5/c1-10(2)17(16(22)23)6-7-19(9-17)15(21)12-8-11-4-3-5-13(20(24)25)14(11)18-12/h3-5,8,10,18H,6-7,9H2,1-2H3,(H,22,23). The number of amides is 1. The number of hydrogen-bond donors (Lipinski definition) is 2. The van der Waals surface area contributed by atoms with Crippen molar-refractivity contribution >= 4 is 28.5 Å². The van der Waals surface area contributed by atoms with Gasteiger partial charge in [-0.05, 0) is 18.4 Å². The third-order valence-corrected chi connectivity index (χ3v) is 5.18. The molecule has 132 valence electrons. The summed E-state index contributed by atoms with van der Waals surface area (Å²) in [6.07, 6.45) is 0.395. The summed E-state index contributed by atoms with van der Waals surface area (Å²) in [7, 11) is 0. The third kappa shape index (κ3) is 2.63. The van der Waals surface area contributed by atoms with Gasteiger partial charge in [-0.2, -0.15) is 0 Å². The van der Waals surface area contributed by atoms with Crippen LogP contribution in [0.5, 0.6) is 0 Å². The predicted octanol–water partition coefficient (Wildman–Crippen LogP) is 2.65. The molecule has 3 rings (SSSR count). The van der Waals surface area contributed by atoms with Crippen molar-refractivity contribution in [2.75, 3.05) is 13.1 Å². The molecule has 0 saturated carbocycles. The molecule has 1 atom stereocenters. The number of nitrogens with one attached hydrogen (secondary N) is 1. The topological polar surface area (TPSA) is 117 Å². The number of carbonyl (C=O) groups excluding carboxylic acids is 1. The summed E-state index contributed by atoms with van der Waals surface area (Å²) < 4.78 is 0. The Labute approximate surface area is 143 Å². The minimum Gasteiger partial charge on any atom is -0.481 e. The third-order valence-electron chi connectivity index (χ3n) is 5.18. The molecule has 1 aromatic carbocycles. The maximum atomic E-state index is 12.8. The fraction of sp³-hybridized carbons (Fsp3) is 0.412. The molecule has 1 aromatic heterocycles. The van der Waals surface area contributed by atoms with E-state index in [4.69, 9.17) is 0 Å². The quantitative estimate of drug-likeness (QED) is 0.652. The highest BCUT2D eigenvalue weighted by atomic mass is 16.6. The molecule has 1 unspecified atom stereocenters. The van der Waals surface area contributed by atoms with Crippen LogP contribution in [-0.2, 0) is 4.79 Å². The Balaban J connectivity index is 1.92. The summed E-state index contributed by atoms with van der Waals surface area (Å²) in [5.74, 6) is -1.34. The zero-order valence-electron chi connectivity index (χ0n) is 14.0. The first-order valence-electron chi connectivity index (χ1n) is 8.05. The van der Waals surface area contributed by atoms with E-state index in [2.05, 4.69) is 4.98 Å². The number of nitro groups is 1. The number of carboxylic acids is 1. The average molecular weight is 345 g/mol. The lowest BCUT2D eigenvalue weighted by Gasteiger charge is -2.28. The van der Waals surface area contributed by atoms with E-state index in [1.54, 1.807) is 18.2 Å². The lowest BCUT2D eigenvalue weighted by molar-refractivity contribution is -0.383. The largest absolute Gasteiger partial charge is 0.481 e. The number of aromatic amines is 1. The van der Waals surface area contributed by atoms with Gasteiger partial charge in [0.15, 0.2) is 0 Å². The number of nitrogens with zero attached hydrogens (tertiary/aromatic N) is 2. The Hall–Kier alpha value is -2.90. The van der Waals surface area contributed by atoms with Gasteiger partial charge in [-0.1, -0.05) is 26.0 Å². The van der Waals surface area contributed by atoms with Gasteiger partial charge in [-0.25, -0.2) is 0 Å². The molecule has 1 amide bonds. The number of likely N-dealkylation sites (tertiary alicyclic amines) is 1. The molecule has 2 heterocycles. The molecule has 1 aliphatic heterocycles. The van der Waals surface area contributed by atoms with Crippen LogP contribution in [0.3, 0.4) is 0 Å². The first-order chi connectivity index (χ1) is 11.8. The predicted molar refractivity (Wildman–Crippen MR) is 90.4 cm³/mol. The van der Waals surface area contributed by atoms with Gasteiger partial charge in [0.2, 0.25) is 0 Å². The van der Waals surface area contributed by atoms with Crippen molar-refractivity contribution in [2.24, 2.45) is 11.3 Å². The molecule has 1 fully saturated rings. The summed E-state index contributed by atoms with van der Waals surface area (Å²) in [4.78, 5) is 39.4. The molecule has 0 spiro atoms. The second kappa shape index (κ2) is 5.87. The Kier molecular flexibility index (Phi) is 3.98. The van der Waals surface area contributed by atoms with E-state index in [1.807, 2.05) is 13.8 Å². The minimum atomic E-state index is -0.951. The van der Waals surface area contributed by atoms with E-state index in [9.17, 15) is 24.8 Å². The van der Waals surface area contributed by atoms with E-state index in [0.29, 0.717) is 23.9 Å². The van der Waals surface area contributed by atoms with Gasteiger partial charge in [-0.15, -0.1) is 0 Å². The van der Waals surface area contributed by atoms with E-state index < -0.39 is 16.3 Å². The molecule has 25 heavy (non-hydrogen) atoms. The number of non-ortho nitro benzene ring substituents is 1. The van der Waals surface area contributed by atoms with Crippen molar-refractivity contribution in [2.45, 2.75) is 20.3 Å². The number of carboxylic acid groups (broad SMARTS) is 1. The number of aromatic nitrogens is 1. The maximum Gasteiger partial charge on any atom is 0.311 e. The van der Waals surface area contributed by atoms with Gasteiger partial charge in [0.1, 0.15) is 11.2 Å². The van der Waals surface area contributed by atoms with Crippen LogP contribution >= 0.6 is 0 Å². The van der Waals surface area contributed by atoms with Gasteiger partial charge >= 0.3 is 5.97 Å². The van der Waals surface area contributed by atoms with Crippen LogP contribution in [0.4, 0.5) is 5.69 Å².